The molecule has 2 rings (SSSR count). The van der Waals surface area contributed by atoms with Crippen molar-refractivity contribution in [3.8, 4) is 0 Å². The molecule has 0 aromatic carbocycles. The second-order valence-corrected chi connectivity index (χ2v) is 4.64. The average Bonchev–Trinajstić information content (AvgIpc) is 2.75. The van der Waals surface area contributed by atoms with Crippen molar-refractivity contribution in [1.29, 1.82) is 0 Å². The Labute approximate surface area is 99.1 Å². The fourth-order valence-electron chi connectivity index (χ4n) is 1.48. The second kappa shape index (κ2) is 4.18. The van der Waals surface area contributed by atoms with Crippen molar-refractivity contribution >= 4 is 11.4 Å². The highest BCUT2D eigenvalue weighted by Crippen LogP contribution is 2.08. The molecular weight excluding hydrogens is 218 g/mol. The van der Waals surface area contributed by atoms with Crippen molar-refractivity contribution in [3.05, 3.63) is 36.4 Å². The molecule has 2 aromatic rings. The van der Waals surface area contributed by atoms with Crippen LogP contribution in [0.1, 0.15) is 24.2 Å². The molecule has 0 bridgehead atoms. The third kappa shape index (κ3) is 2.45. The van der Waals surface area contributed by atoms with Crippen molar-refractivity contribution in [2.75, 3.05) is 6.61 Å². The summed E-state index contributed by atoms with van der Waals surface area (Å²) in [5.41, 5.74) is 0.794. The molecule has 0 unspecified atom stereocenters. The molecule has 17 heavy (non-hydrogen) atoms. The van der Waals surface area contributed by atoms with Crippen LogP contribution in [0.25, 0.3) is 5.52 Å². The number of rotatable bonds is 3. The average molecular weight is 233 g/mol. The topological polar surface area (TPSA) is 66.6 Å². The third-order valence-corrected chi connectivity index (χ3v) is 2.52. The van der Waals surface area contributed by atoms with E-state index in [0.29, 0.717) is 5.56 Å². The van der Waals surface area contributed by atoms with Gasteiger partial charge in [-0.05, 0) is 26.0 Å². The highest BCUT2D eigenvalue weighted by atomic mass is 16.3. The third-order valence-electron chi connectivity index (χ3n) is 2.52. The van der Waals surface area contributed by atoms with Crippen LogP contribution in [0.3, 0.4) is 0 Å². The van der Waals surface area contributed by atoms with Gasteiger partial charge in [0.05, 0.1) is 30.2 Å². The molecule has 0 aliphatic heterocycles. The summed E-state index contributed by atoms with van der Waals surface area (Å²) in [7, 11) is 0. The van der Waals surface area contributed by atoms with Crippen LogP contribution in [-0.2, 0) is 0 Å². The van der Waals surface area contributed by atoms with Crippen LogP contribution in [0.4, 0.5) is 0 Å². The molecule has 5 heteroatoms. The predicted molar refractivity (Wildman–Crippen MR) is 63.8 cm³/mol. The summed E-state index contributed by atoms with van der Waals surface area (Å²) in [4.78, 5) is 15.9. The van der Waals surface area contributed by atoms with Crippen molar-refractivity contribution in [2.24, 2.45) is 0 Å². The van der Waals surface area contributed by atoms with Crippen LogP contribution in [0, 0.1) is 0 Å². The van der Waals surface area contributed by atoms with Gasteiger partial charge in [0.2, 0.25) is 0 Å². The number of nitrogens with one attached hydrogen (secondary N) is 1. The number of nitrogens with zero attached hydrogens (tertiary/aromatic N) is 2. The lowest BCUT2D eigenvalue weighted by atomic mass is 10.1. The van der Waals surface area contributed by atoms with Gasteiger partial charge in [-0.2, -0.15) is 0 Å². The SMILES string of the molecule is CC(C)(CO)NC(=O)c1ccn2cncc2c1. The zero-order chi connectivity index (χ0) is 12.5. The van der Waals surface area contributed by atoms with E-state index < -0.39 is 5.54 Å². The molecule has 2 heterocycles. The Morgan fingerprint density at radius 2 is 2.35 bits per heavy atom. The molecule has 0 aliphatic carbocycles. The van der Waals surface area contributed by atoms with E-state index in [-0.39, 0.29) is 12.5 Å². The van der Waals surface area contributed by atoms with Gasteiger partial charge in [0.25, 0.3) is 5.91 Å². The summed E-state index contributed by atoms with van der Waals surface area (Å²) in [6.45, 7) is 3.43. The first-order valence-electron chi connectivity index (χ1n) is 5.37. The van der Waals surface area contributed by atoms with Crippen molar-refractivity contribution in [1.82, 2.24) is 14.7 Å². The minimum atomic E-state index is -0.622. The number of aromatic nitrogens is 2. The Balaban J connectivity index is 2.24. The van der Waals surface area contributed by atoms with E-state index in [1.165, 1.54) is 0 Å². The first-order chi connectivity index (χ1) is 8.02. The zero-order valence-corrected chi connectivity index (χ0v) is 9.84. The van der Waals surface area contributed by atoms with Crippen LogP contribution in [0.15, 0.2) is 30.9 Å². The molecule has 0 saturated carbocycles. The number of hydrogen-bond donors (Lipinski definition) is 2. The second-order valence-electron chi connectivity index (χ2n) is 4.64. The summed E-state index contributed by atoms with van der Waals surface area (Å²) in [6, 6.07) is 3.48. The Morgan fingerprint density at radius 3 is 3.06 bits per heavy atom. The first kappa shape index (κ1) is 11.6. The fourth-order valence-corrected chi connectivity index (χ4v) is 1.48. The summed E-state index contributed by atoms with van der Waals surface area (Å²) in [5.74, 6) is -0.201. The van der Waals surface area contributed by atoms with Gasteiger partial charge < -0.3 is 14.8 Å². The molecule has 90 valence electrons. The lowest BCUT2D eigenvalue weighted by Crippen LogP contribution is -2.46. The molecular formula is C12H15N3O2. The fraction of sp³-hybridized carbons (Fsp3) is 0.333. The van der Waals surface area contributed by atoms with Gasteiger partial charge >= 0.3 is 0 Å². The van der Waals surface area contributed by atoms with E-state index in [1.54, 1.807) is 44.7 Å². The number of carbonyl (C=O) groups excluding carboxylic acids is 1. The molecule has 0 atom stereocenters. The monoisotopic (exact) mass is 233 g/mol. The summed E-state index contributed by atoms with van der Waals surface area (Å²) in [6.07, 6.45) is 5.14. The van der Waals surface area contributed by atoms with Gasteiger partial charge in [0.1, 0.15) is 0 Å². The van der Waals surface area contributed by atoms with E-state index in [1.807, 2.05) is 4.40 Å². The van der Waals surface area contributed by atoms with Crippen LogP contribution in [0.5, 0.6) is 0 Å². The number of aliphatic hydroxyl groups excluding tert-OH is 1. The molecule has 0 fully saturated rings. The molecule has 0 spiro atoms. The predicted octanol–water partition coefficient (Wildman–Crippen LogP) is 0.835. The number of aliphatic hydroxyl groups is 1. The quantitative estimate of drug-likeness (QED) is 0.825. The molecule has 0 aliphatic rings. The van der Waals surface area contributed by atoms with Gasteiger partial charge in [-0.3, -0.25) is 4.79 Å². The van der Waals surface area contributed by atoms with Crippen molar-refractivity contribution in [2.45, 2.75) is 19.4 Å². The lowest BCUT2D eigenvalue weighted by Gasteiger charge is -2.23. The lowest BCUT2D eigenvalue weighted by molar-refractivity contribution is 0.0869. The first-order valence-corrected chi connectivity index (χ1v) is 5.37. The van der Waals surface area contributed by atoms with E-state index >= 15 is 0 Å². The molecule has 1 amide bonds. The summed E-state index contributed by atoms with van der Waals surface area (Å²) >= 11 is 0. The van der Waals surface area contributed by atoms with Crippen molar-refractivity contribution < 1.29 is 9.90 Å². The largest absolute Gasteiger partial charge is 0.394 e. The van der Waals surface area contributed by atoms with Crippen LogP contribution >= 0.6 is 0 Å². The Kier molecular flexibility index (Phi) is 2.85. The highest BCUT2D eigenvalue weighted by Gasteiger charge is 2.20. The molecule has 0 saturated heterocycles. The molecule has 2 aromatic heterocycles. The smallest absolute Gasteiger partial charge is 0.251 e. The standard InChI is InChI=1S/C12H15N3O2/c1-12(2,7-16)14-11(17)9-3-4-15-8-13-6-10(15)5-9/h3-6,8,16H,7H2,1-2H3,(H,14,17). The van der Waals surface area contributed by atoms with Crippen LogP contribution < -0.4 is 5.32 Å². The van der Waals surface area contributed by atoms with E-state index in [4.69, 9.17) is 5.11 Å². The van der Waals surface area contributed by atoms with E-state index in [2.05, 4.69) is 10.3 Å². The number of amides is 1. The van der Waals surface area contributed by atoms with Gasteiger partial charge in [-0.1, -0.05) is 0 Å². The maximum atomic E-state index is 11.9. The minimum absolute atomic E-state index is 0.104. The Bertz CT molecular complexity index is 545. The summed E-state index contributed by atoms with van der Waals surface area (Å²) in [5, 5.41) is 11.9. The molecule has 2 N–H and O–H groups in total. The van der Waals surface area contributed by atoms with Gasteiger partial charge in [0.15, 0.2) is 0 Å². The maximum Gasteiger partial charge on any atom is 0.251 e. The molecule has 5 nitrogen and oxygen atoms in total. The molecule has 0 radical (unpaired) electrons. The van der Waals surface area contributed by atoms with Crippen LogP contribution in [0.2, 0.25) is 0 Å². The summed E-state index contributed by atoms with van der Waals surface area (Å²) < 4.78 is 1.83. The number of hydrogen-bond acceptors (Lipinski definition) is 3. The van der Waals surface area contributed by atoms with Crippen molar-refractivity contribution in [3.63, 3.8) is 0 Å². The highest BCUT2D eigenvalue weighted by molar-refractivity contribution is 5.95. The number of imidazole rings is 1. The number of pyridine rings is 1. The Morgan fingerprint density at radius 1 is 1.59 bits per heavy atom. The van der Waals surface area contributed by atoms with Crippen LogP contribution in [-0.4, -0.2) is 32.5 Å². The Hall–Kier alpha value is -1.88. The van der Waals surface area contributed by atoms with Gasteiger partial charge in [-0.25, -0.2) is 4.98 Å². The number of fused-ring (bicyclic) bond motifs is 1. The van der Waals surface area contributed by atoms with Gasteiger partial charge in [0, 0.05) is 11.8 Å². The normalized spacial score (nSPS) is 11.7. The van der Waals surface area contributed by atoms with Gasteiger partial charge in [-0.15, -0.1) is 0 Å². The van der Waals surface area contributed by atoms with E-state index in [0.717, 1.165) is 5.52 Å². The zero-order valence-electron chi connectivity index (χ0n) is 9.84. The minimum Gasteiger partial charge on any atom is -0.394 e. The number of carbonyl (C=O) groups is 1. The van der Waals surface area contributed by atoms with E-state index in [9.17, 15) is 4.79 Å². The maximum absolute atomic E-state index is 11.9.